The van der Waals surface area contributed by atoms with Gasteiger partial charge >= 0.3 is 6.18 Å². The van der Waals surface area contributed by atoms with Crippen LogP contribution in [-0.2, 0) is 4.74 Å². The number of hydrogen-bond acceptors (Lipinski definition) is 4. The number of hydrogen-bond donors (Lipinski definition) is 2. The van der Waals surface area contributed by atoms with Gasteiger partial charge in [-0.2, -0.15) is 13.2 Å². The largest absolute Gasteiger partial charge is 0.497 e. The van der Waals surface area contributed by atoms with Crippen LogP contribution in [0, 0.1) is 0 Å². The molecule has 0 aromatic heterocycles. The molecule has 1 unspecified atom stereocenters. The van der Waals surface area contributed by atoms with Crippen molar-refractivity contribution in [3.8, 4) is 5.75 Å². The number of rotatable bonds is 10. The first-order chi connectivity index (χ1) is 14.4. The lowest BCUT2D eigenvalue weighted by atomic mass is 10.0. The van der Waals surface area contributed by atoms with Crippen molar-refractivity contribution in [1.29, 1.82) is 0 Å². The van der Waals surface area contributed by atoms with Crippen LogP contribution in [0.25, 0.3) is 0 Å². The van der Waals surface area contributed by atoms with Gasteiger partial charge in [0.05, 0.1) is 13.2 Å². The Morgan fingerprint density at radius 2 is 1.81 bits per heavy atom. The van der Waals surface area contributed by atoms with Gasteiger partial charge in [-0.1, -0.05) is 18.6 Å². The van der Waals surface area contributed by atoms with Crippen molar-refractivity contribution in [1.82, 2.24) is 15.5 Å². The molecular formula is C21H34F3IN4O2. The normalized spacial score (nSPS) is 16.4. The van der Waals surface area contributed by atoms with Crippen LogP contribution in [0.4, 0.5) is 13.2 Å². The summed E-state index contributed by atoms with van der Waals surface area (Å²) in [4.78, 5) is 6.70. The summed E-state index contributed by atoms with van der Waals surface area (Å²) in [6.45, 7) is 2.11. The fourth-order valence-electron chi connectivity index (χ4n) is 3.50. The second-order valence-corrected chi connectivity index (χ2v) is 7.29. The highest BCUT2D eigenvalue weighted by Gasteiger charge is 2.27. The number of benzene rings is 1. The van der Waals surface area contributed by atoms with E-state index in [1.165, 1.54) is 24.8 Å². The van der Waals surface area contributed by atoms with Crippen LogP contribution in [0.1, 0.15) is 37.3 Å². The molecule has 10 heteroatoms. The molecule has 0 aliphatic carbocycles. The van der Waals surface area contributed by atoms with E-state index in [1.807, 2.05) is 12.1 Å². The first-order valence-corrected chi connectivity index (χ1v) is 10.4. The first-order valence-electron chi connectivity index (χ1n) is 10.4. The molecule has 2 N–H and O–H groups in total. The Kier molecular flexibility index (Phi) is 13.2. The third-order valence-corrected chi connectivity index (χ3v) is 5.04. The molecule has 0 bridgehead atoms. The number of nitrogens with one attached hydrogen (secondary N) is 2. The van der Waals surface area contributed by atoms with Gasteiger partial charge in [0.25, 0.3) is 0 Å². The Morgan fingerprint density at radius 1 is 1.13 bits per heavy atom. The van der Waals surface area contributed by atoms with Crippen LogP contribution in [0.15, 0.2) is 29.3 Å². The molecule has 1 atom stereocenters. The second-order valence-electron chi connectivity index (χ2n) is 7.29. The van der Waals surface area contributed by atoms with E-state index in [9.17, 15) is 13.2 Å². The maximum absolute atomic E-state index is 12.1. The van der Waals surface area contributed by atoms with Crippen molar-refractivity contribution in [2.75, 3.05) is 53.6 Å². The number of nitrogens with zero attached hydrogens (tertiary/aromatic N) is 2. The van der Waals surface area contributed by atoms with Crippen molar-refractivity contribution in [3.05, 3.63) is 29.8 Å². The van der Waals surface area contributed by atoms with Crippen LogP contribution in [0.5, 0.6) is 5.75 Å². The molecule has 1 aliphatic heterocycles. The van der Waals surface area contributed by atoms with Gasteiger partial charge in [0.2, 0.25) is 0 Å². The van der Waals surface area contributed by atoms with E-state index in [4.69, 9.17) is 4.74 Å². The molecule has 0 saturated carbocycles. The van der Waals surface area contributed by atoms with Gasteiger partial charge in [-0.15, -0.1) is 24.0 Å². The molecule has 1 aromatic carbocycles. The molecular weight excluding hydrogens is 524 g/mol. The highest BCUT2D eigenvalue weighted by Crippen LogP contribution is 2.25. The average molecular weight is 558 g/mol. The summed E-state index contributed by atoms with van der Waals surface area (Å²) in [6.07, 6.45) is -0.172. The lowest BCUT2D eigenvalue weighted by molar-refractivity contribution is -0.173. The monoisotopic (exact) mass is 558 g/mol. The Hall–Kier alpha value is -1.27. The quantitative estimate of drug-likeness (QED) is 0.197. The first kappa shape index (κ1) is 27.8. The zero-order chi connectivity index (χ0) is 21.8. The molecule has 6 nitrogen and oxygen atoms in total. The predicted octanol–water partition coefficient (Wildman–Crippen LogP) is 3.97. The third-order valence-electron chi connectivity index (χ3n) is 5.04. The minimum atomic E-state index is -4.28. The standard InChI is InChI=1S/C21H33F3N4O2.HI/c1-25-20(26-11-6-14-30-16-21(22,23)24)27-15-19(28-12-4-3-5-13-28)17-7-9-18(29-2)10-8-17;/h7-10,19H,3-6,11-16H2,1-2H3,(H2,25,26,27);1H. The Bertz CT molecular complexity index is 639. The highest BCUT2D eigenvalue weighted by molar-refractivity contribution is 14.0. The average Bonchev–Trinajstić information content (AvgIpc) is 2.75. The summed E-state index contributed by atoms with van der Waals surface area (Å²) in [5, 5.41) is 6.49. The topological polar surface area (TPSA) is 58.1 Å². The van der Waals surface area contributed by atoms with E-state index in [0.717, 1.165) is 18.8 Å². The van der Waals surface area contributed by atoms with Gasteiger partial charge in [-0.3, -0.25) is 9.89 Å². The minimum absolute atomic E-state index is 0. The Balaban J connectivity index is 0.00000480. The highest BCUT2D eigenvalue weighted by atomic mass is 127. The van der Waals surface area contributed by atoms with Crippen LogP contribution >= 0.6 is 24.0 Å². The Labute approximate surface area is 200 Å². The molecule has 1 fully saturated rings. The minimum Gasteiger partial charge on any atom is -0.497 e. The maximum Gasteiger partial charge on any atom is 0.411 e. The molecule has 1 aromatic rings. The molecule has 0 spiro atoms. The molecule has 0 radical (unpaired) electrons. The summed E-state index contributed by atoms with van der Waals surface area (Å²) >= 11 is 0. The SMILES string of the molecule is CN=C(NCCCOCC(F)(F)F)NCC(c1ccc(OC)cc1)N1CCCCC1.I. The molecule has 0 amide bonds. The Morgan fingerprint density at radius 3 is 2.39 bits per heavy atom. The summed E-state index contributed by atoms with van der Waals surface area (Å²) < 4.78 is 46.1. The fraction of sp³-hybridized carbons (Fsp3) is 0.667. The van der Waals surface area contributed by atoms with Crippen molar-refractivity contribution in [2.45, 2.75) is 37.9 Å². The lowest BCUT2D eigenvalue weighted by Gasteiger charge is -2.35. The van der Waals surface area contributed by atoms with Gasteiger partial charge in [-0.05, 0) is 50.0 Å². The van der Waals surface area contributed by atoms with Crippen LogP contribution in [-0.4, -0.2) is 70.6 Å². The molecule has 31 heavy (non-hydrogen) atoms. The van der Waals surface area contributed by atoms with Crippen molar-refractivity contribution < 1.29 is 22.6 Å². The number of halogens is 4. The zero-order valence-corrected chi connectivity index (χ0v) is 20.5. The van der Waals surface area contributed by atoms with Crippen LogP contribution < -0.4 is 15.4 Å². The number of guanidine groups is 1. The van der Waals surface area contributed by atoms with E-state index in [2.05, 4.69) is 37.4 Å². The predicted molar refractivity (Wildman–Crippen MR) is 127 cm³/mol. The smallest absolute Gasteiger partial charge is 0.411 e. The van der Waals surface area contributed by atoms with Gasteiger partial charge in [-0.25, -0.2) is 0 Å². The second kappa shape index (κ2) is 14.7. The van der Waals surface area contributed by atoms with E-state index < -0.39 is 12.8 Å². The van der Waals surface area contributed by atoms with Gasteiger partial charge in [0.1, 0.15) is 12.4 Å². The summed E-state index contributed by atoms with van der Waals surface area (Å²) in [5.74, 6) is 1.45. The van der Waals surface area contributed by atoms with Crippen LogP contribution in [0.3, 0.4) is 0 Å². The van der Waals surface area contributed by atoms with Crippen molar-refractivity contribution >= 4 is 29.9 Å². The van der Waals surface area contributed by atoms with E-state index in [-0.39, 0.29) is 36.6 Å². The summed E-state index contributed by atoms with van der Waals surface area (Å²) in [5.41, 5.74) is 1.21. The number of piperidine rings is 1. The van der Waals surface area contributed by atoms with E-state index >= 15 is 0 Å². The number of likely N-dealkylation sites (tertiary alicyclic amines) is 1. The number of alkyl halides is 3. The van der Waals surface area contributed by atoms with Crippen molar-refractivity contribution in [3.63, 3.8) is 0 Å². The molecule has 1 aliphatic rings. The number of methoxy groups -OCH3 is 1. The van der Waals surface area contributed by atoms with Gasteiger partial charge in [0, 0.05) is 26.7 Å². The molecule has 1 heterocycles. The summed E-state index contributed by atoms with van der Waals surface area (Å²) in [6, 6.07) is 8.33. The lowest BCUT2D eigenvalue weighted by Crippen LogP contribution is -2.44. The molecule has 178 valence electrons. The van der Waals surface area contributed by atoms with E-state index in [1.54, 1.807) is 14.2 Å². The number of ether oxygens (including phenoxy) is 2. The summed E-state index contributed by atoms with van der Waals surface area (Å²) in [7, 11) is 3.33. The van der Waals surface area contributed by atoms with Crippen molar-refractivity contribution in [2.24, 2.45) is 4.99 Å². The third kappa shape index (κ3) is 10.7. The number of aliphatic imine (C=N–C) groups is 1. The van der Waals surface area contributed by atoms with E-state index in [0.29, 0.717) is 25.5 Å². The molecule has 2 rings (SSSR count). The van der Waals surface area contributed by atoms with Crippen LogP contribution in [0.2, 0.25) is 0 Å². The molecule has 1 saturated heterocycles. The zero-order valence-electron chi connectivity index (χ0n) is 18.2. The fourth-order valence-corrected chi connectivity index (χ4v) is 3.50. The van der Waals surface area contributed by atoms with Gasteiger partial charge in [0.15, 0.2) is 5.96 Å². The van der Waals surface area contributed by atoms with Gasteiger partial charge < -0.3 is 20.1 Å². The maximum atomic E-state index is 12.1.